The maximum Gasteiger partial charge on any atom is 0.315 e. The average molecular weight is 290 g/mol. The predicted octanol–water partition coefficient (Wildman–Crippen LogP) is 2.58. The summed E-state index contributed by atoms with van der Waals surface area (Å²) in [5.74, 6) is -0.460. The number of rotatable bonds is 2. The van der Waals surface area contributed by atoms with Gasteiger partial charge < -0.3 is 14.6 Å². The van der Waals surface area contributed by atoms with Crippen LogP contribution in [0.1, 0.15) is 29.8 Å². The molecule has 0 saturated carbocycles. The van der Waals surface area contributed by atoms with Gasteiger partial charge in [0.15, 0.2) is 5.78 Å². The van der Waals surface area contributed by atoms with Crippen molar-refractivity contribution in [3.63, 3.8) is 0 Å². The number of benzene rings is 1. The molecule has 1 aliphatic heterocycles. The molecule has 5 nitrogen and oxygen atoms in total. The molecular formula is C16H18O5. The normalized spacial score (nSPS) is 19.9. The van der Waals surface area contributed by atoms with E-state index in [4.69, 9.17) is 9.47 Å². The molecule has 1 unspecified atom stereocenters. The number of esters is 1. The lowest BCUT2D eigenvalue weighted by atomic mass is 9.78. The van der Waals surface area contributed by atoms with E-state index in [0.29, 0.717) is 17.6 Å². The van der Waals surface area contributed by atoms with Gasteiger partial charge in [0.25, 0.3) is 0 Å². The van der Waals surface area contributed by atoms with E-state index in [0.717, 1.165) is 5.56 Å². The summed E-state index contributed by atoms with van der Waals surface area (Å²) in [5.41, 5.74) is 0.228. The van der Waals surface area contributed by atoms with E-state index in [9.17, 15) is 14.7 Å². The van der Waals surface area contributed by atoms with Crippen molar-refractivity contribution in [3.05, 3.63) is 41.2 Å². The van der Waals surface area contributed by atoms with Crippen LogP contribution in [0.25, 0.3) is 0 Å². The highest BCUT2D eigenvalue weighted by molar-refractivity contribution is 6.12. The van der Waals surface area contributed by atoms with Crippen molar-refractivity contribution in [2.24, 2.45) is 5.41 Å². The van der Waals surface area contributed by atoms with Crippen molar-refractivity contribution in [2.75, 3.05) is 7.11 Å². The standard InChI is InChI=1S/C16H18O5/c1-9-5-6-12-10(7-9)13(18)11(8-17)14(21-12)16(2,3)15(19)20-4/h5-8,14,17H,1-4H3. The molecule has 112 valence electrons. The average Bonchev–Trinajstić information content (AvgIpc) is 2.46. The number of methoxy groups -OCH3 is 1. The van der Waals surface area contributed by atoms with Gasteiger partial charge in [-0.05, 0) is 32.9 Å². The molecule has 0 aliphatic carbocycles. The molecule has 2 rings (SSSR count). The third-order valence-corrected chi connectivity index (χ3v) is 3.68. The second-order valence-electron chi connectivity index (χ2n) is 5.62. The van der Waals surface area contributed by atoms with Gasteiger partial charge in [-0.15, -0.1) is 0 Å². The highest BCUT2D eigenvalue weighted by Gasteiger charge is 2.47. The van der Waals surface area contributed by atoms with E-state index in [1.54, 1.807) is 26.0 Å². The number of aryl methyl sites for hydroxylation is 1. The Morgan fingerprint density at radius 3 is 2.67 bits per heavy atom. The van der Waals surface area contributed by atoms with Gasteiger partial charge in [-0.3, -0.25) is 9.59 Å². The van der Waals surface area contributed by atoms with E-state index in [1.165, 1.54) is 7.11 Å². The Bertz CT molecular complexity index is 628. The van der Waals surface area contributed by atoms with Gasteiger partial charge in [-0.2, -0.15) is 0 Å². The van der Waals surface area contributed by atoms with E-state index < -0.39 is 17.5 Å². The van der Waals surface area contributed by atoms with Crippen LogP contribution < -0.4 is 4.74 Å². The number of carbonyl (C=O) groups excluding carboxylic acids is 2. The summed E-state index contributed by atoms with van der Waals surface area (Å²) < 4.78 is 10.6. The van der Waals surface area contributed by atoms with E-state index in [-0.39, 0.29) is 11.4 Å². The van der Waals surface area contributed by atoms with E-state index in [2.05, 4.69) is 0 Å². The largest absolute Gasteiger partial charge is 0.515 e. The van der Waals surface area contributed by atoms with Crippen molar-refractivity contribution in [2.45, 2.75) is 26.9 Å². The summed E-state index contributed by atoms with van der Waals surface area (Å²) in [5, 5.41) is 9.43. The number of ether oxygens (including phenoxy) is 2. The SMILES string of the molecule is COC(=O)C(C)(C)C1Oc2ccc(C)cc2C(=O)C1=CO. The van der Waals surface area contributed by atoms with Crippen LogP contribution in [-0.4, -0.2) is 30.1 Å². The zero-order valence-electron chi connectivity index (χ0n) is 12.5. The number of fused-ring (bicyclic) bond motifs is 1. The fourth-order valence-corrected chi connectivity index (χ4v) is 2.42. The topological polar surface area (TPSA) is 72.8 Å². The molecule has 0 aromatic heterocycles. The molecule has 0 spiro atoms. The minimum atomic E-state index is -1.11. The fourth-order valence-electron chi connectivity index (χ4n) is 2.42. The summed E-state index contributed by atoms with van der Waals surface area (Å²) >= 11 is 0. The number of aliphatic hydroxyl groups excluding tert-OH is 1. The van der Waals surface area contributed by atoms with Crippen LogP contribution in [0, 0.1) is 12.3 Å². The van der Waals surface area contributed by atoms with Gasteiger partial charge in [-0.25, -0.2) is 0 Å². The monoisotopic (exact) mass is 290 g/mol. The smallest absolute Gasteiger partial charge is 0.315 e. The molecule has 0 fully saturated rings. The number of hydrogen-bond donors (Lipinski definition) is 1. The Hall–Kier alpha value is -2.30. The summed E-state index contributed by atoms with van der Waals surface area (Å²) in [6.07, 6.45) is -0.194. The lowest BCUT2D eigenvalue weighted by Gasteiger charge is -2.36. The Labute approximate surface area is 123 Å². The van der Waals surface area contributed by atoms with Gasteiger partial charge in [0, 0.05) is 0 Å². The summed E-state index contributed by atoms with van der Waals surface area (Å²) in [7, 11) is 1.27. The van der Waals surface area contributed by atoms with Gasteiger partial charge in [0.05, 0.1) is 24.5 Å². The zero-order valence-corrected chi connectivity index (χ0v) is 12.5. The first-order valence-electron chi connectivity index (χ1n) is 6.57. The molecule has 5 heteroatoms. The quantitative estimate of drug-likeness (QED) is 0.515. The minimum absolute atomic E-state index is 0.0449. The van der Waals surface area contributed by atoms with Crippen molar-refractivity contribution in [1.82, 2.24) is 0 Å². The predicted molar refractivity (Wildman–Crippen MR) is 76.4 cm³/mol. The van der Waals surface area contributed by atoms with Gasteiger partial charge in [0.2, 0.25) is 0 Å². The fraction of sp³-hybridized carbons (Fsp3) is 0.375. The Balaban J connectivity index is 2.54. The molecule has 0 saturated heterocycles. The highest BCUT2D eigenvalue weighted by atomic mass is 16.5. The molecule has 0 amide bonds. The molecule has 1 atom stereocenters. The van der Waals surface area contributed by atoms with Crippen LogP contribution in [-0.2, 0) is 9.53 Å². The Morgan fingerprint density at radius 1 is 1.43 bits per heavy atom. The van der Waals surface area contributed by atoms with Gasteiger partial charge in [-0.1, -0.05) is 11.6 Å². The Kier molecular flexibility index (Phi) is 3.77. The number of carbonyl (C=O) groups is 2. The molecule has 1 aliphatic rings. The van der Waals surface area contributed by atoms with Crippen LogP contribution >= 0.6 is 0 Å². The van der Waals surface area contributed by atoms with Crippen molar-refractivity contribution in [1.29, 1.82) is 0 Å². The summed E-state index contributed by atoms with van der Waals surface area (Å²) in [6.45, 7) is 5.08. The first-order valence-corrected chi connectivity index (χ1v) is 6.57. The number of hydrogen-bond acceptors (Lipinski definition) is 5. The van der Waals surface area contributed by atoms with Crippen molar-refractivity contribution >= 4 is 11.8 Å². The number of ketones is 1. The van der Waals surface area contributed by atoms with E-state index in [1.807, 2.05) is 13.0 Å². The van der Waals surface area contributed by atoms with E-state index >= 15 is 0 Å². The second kappa shape index (κ2) is 5.24. The van der Waals surface area contributed by atoms with Crippen molar-refractivity contribution in [3.8, 4) is 5.75 Å². The molecule has 1 N–H and O–H groups in total. The van der Waals surface area contributed by atoms with Crippen LogP contribution in [0.5, 0.6) is 5.75 Å². The summed E-state index contributed by atoms with van der Waals surface area (Å²) in [6, 6.07) is 5.21. The summed E-state index contributed by atoms with van der Waals surface area (Å²) in [4.78, 5) is 24.5. The van der Waals surface area contributed by atoms with Crippen LogP contribution in [0.15, 0.2) is 30.0 Å². The third-order valence-electron chi connectivity index (χ3n) is 3.68. The molecule has 0 radical (unpaired) electrons. The lowest BCUT2D eigenvalue weighted by molar-refractivity contribution is -0.155. The van der Waals surface area contributed by atoms with Crippen LogP contribution in [0.3, 0.4) is 0 Å². The first-order chi connectivity index (χ1) is 9.82. The first kappa shape index (κ1) is 15.1. The Morgan fingerprint density at radius 2 is 2.10 bits per heavy atom. The lowest BCUT2D eigenvalue weighted by Crippen LogP contribution is -2.46. The van der Waals surface area contributed by atoms with Crippen LogP contribution in [0.4, 0.5) is 0 Å². The zero-order chi connectivity index (χ0) is 15.8. The maximum absolute atomic E-state index is 12.5. The van der Waals surface area contributed by atoms with Crippen LogP contribution in [0.2, 0.25) is 0 Å². The molecule has 1 aromatic carbocycles. The van der Waals surface area contributed by atoms with Crippen molar-refractivity contribution < 1.29 is 24.2 Å². The second-order valence-corrected chi connectivity index (χ2v) is 5.62. The third kappa shape index (κ3) is 2.39. The minimum Gasteiger partial charge on any atom is -0.515 e. The van der Waals surface area contributed by atoms with Gasteiger partial charge in [0.1, 0.15) is 17.3 Å². The molecule has 21 heavy (non-hydrogen) atoms. The van der Waals surface area contributed by atoms with Gasteiger partial charge >= 0.3 is 5.97 Å². The number of aliphatic hydroxyl groups is 1. The molecule has 0 bridgehead atoms. The number of Topliss-reactive ketones (excluding diaryl/α,β-unsaturated/α-hetero) is 1. The molecular weight excluding hydrogens is 272 g/mol. The molecule has 1 heterocycles. The highest BCUT2D eigenvalue weighted by Crippen LogP contribution is 2.39. The maximum atomic E-state index is 12.5. The molecule has 1 aromatic rings.